The maximum absolute atomic E-state index is 14.9. The van der Waals surface area contributed by atoms with E-state index >= 15 is 0 Å². The number of benzene rings is 2. The molecule has 0 radical (unpaired) electrons. The molecule has 0 atom stereocenters. The molecule has 0 amide bonds. The van der Waals surface area contributed by atoms with Crippen molar-refractivity contribution in [3.63, 3.8) is 0 Å². The van der Waals surface area contributed by atoms with Crippen molar-refractivity contribution in [3.05, 3.63) is 59.4 Å². The van der Waals surface area contributed by atoms with Gasteiger partial charge in [-0.25, -0.2) is 4.39 Å². The van der Waals surface area contributed by atoms with E-state index < -0.39 is 0 Å². The molecule has 178 valence electrons. The van der Waals surface area contributed by atoms with Gasteiger partial charge in [-0.15, -0.1) is 0 Å². The fourth-order valence-electron chi connectivity index (χ4n) is 4.26. The Kier molecular flexibility index (Phi) is 6.16. The van der Waals surface area contributed by atoms with Gasteiger partial charge >= 0.3 is 0 Å². The lowest BCUT2D eigenvalue weighted by molar-refractivity contribution is 0.101. The van der Waals surface area contributed by atoms with E-state index in [1.807, 2.05) is 29.2 Å². The second-order valence-electron chi connectivity index (χ2n) is 8.64. The summed E-state index contributed by atoms with van der Waals surface area (Å²) in [7, 11) is 2.06. The minimum absolute atomic E-state index is 0.121. The molecular formula is C25H25FN8O. The van der Waals surface area contributed by atoms with Gasteiger partial charge in [0.05, 0.1) is 24.7 Å². The van der Waals surface area contributed by atoms with E-state index in [-0.39, 0.29) is 30.5 Å². The Balaban J connectivity index is 1.40. The number of hydrogen-bond donors (Lipinski definition) is 3. The highest BCUT2D eigenvalue weighted by molar-refractivity contribution is 6.11. The van der Waals surface area contributed by atoms with Gasteiger partial charge in [0.15, 0.2) is 5.78 Å². The number of carbonyl (C=O) groups is 1. The summed E-state index contributed by atoms with van der Waals surface area (Å²) in [5, 5.41) is 18.2. The minimum atomic E-state index is -0.318. The lowest BCUT2D eigenvalue weighted by Crippen LogP contribution is -2.44. The molecule has 10 heteroatoms. The molecule has 3 heterocycles. The maximum atomic E-state index is 14.9. The Hall–Kier alpha value is -4.23. The van der Waals surface area contributed by atoms with Gasteiger partial charge < -0.3 is 25.8 Å². The number of nitrogens with zero attached hydrogens (tertiary/aromatic N) is 5. The van der Waals surface area contributed by atoms with Crippen LogP contribution in [0.25, 0.3) is 0 Å². The lowest BCUT2D eigenvalue weighted by Gasteiger charge is -2.34. The number of nitrogens with one attached hydrogen (secondary N) is 3. The number of likely N-dealkylation sites (N-methyl/N-ethyl adjacent to an activating group) is 1. The van der Waals surface area contributed by atoms with Gasteiger partial charge in [-0.1, -0.05) is 12.1 Å². The molecule has 0 unspecified atom stereocenters. The fourth-order valence-corrected chi connectivity index (χ4v) is 4.26. The number of nitriles is 1. The summed E-state index contributed by atoms with van der Waals surface area (Å²) in [6.45, 7) is 3.47. The van der Waals surface area contributed by atoms with Crippen LogP contribution in [0.15, 0.2) is 42.5 Å². The van der Waals surface area contributed by atoms with Gasteiger partial charge in [0.2, 0.25) is 5.95 Å². The van der Waals surface area contributed by atoms with E-state index in [1.54, 1.807) is 12.1 Å². The van der Waals surface area contributed by atoms with Gasteiger partial charge in [0.25, 0.3) is 0 Å². The van der Waals surface area contributed by atoms with Crippen molar-refractivity contribution in [3.8, 4) is 6.07 Å². The SMILES string of the molecule is CN1CCN(c2ccc(Nc3nc4c(c(Nc5cccc(CC#N)c5)n3)C(=O)CN4)cc2F)CC1. The average molecular weight is 473 g/mol. The highest BCUT2D eigenvalue weighted by Crippen LogP contribution is 2.32. The number of rotatable bonds is 6. The molecule has 1 saturated heterocycles. The summed E-state index contributed by atoms with van der Waals surface area (Å²) in [6, 6.07) is 14.5. The molecule has 0 spiro atoms. The fraction of sp³-hybridized carbons (Fsp3) is 0.280. The number of carbonyl (C=O) groups excluding carboxylic acids is 1. The van der Waals surface area contributed by atoms with Crippen LogP contribution in [0, 0.1) is 17.1 Å². The number of fused-ring (bicyclic) bond motifs is 1. The predicted molar refractivity (Wildman–Crippen MR) is 133 cm³/mol. The summed E-state index contributed by atoms with van der Waals surface area (Å²) in [4.78, 5) is 25.7. The molecule has 2 aromatic carbocycles. The Morgan fingerprint density at radius 1 is 1.09 bits per heavy atom. The van der Waals surface area contributed by atoms with Crippen LogP contribution in [-0.2, 0) is 6.42 Å². The van der Waals surface area contributed by atoms with Crippen LogP contribution in [0.1, 0.15) is 15.9 Å². The van der Waals surface area contributed by atoms with Crippen molar-refractivity contribution in [2.45, 2.75) is 6.42 Å². The Labute approximate surface area is 202 Å². The van der Waals surface area contributed by atoms with Gasteiger partial charge in [-0.2, -0.15) is 15.2 Å². The van der Waals surface area contributed by atoms with E-state index in [0.717, 1.165) is 31.7 Å². The molecule has 0 saturated carbocycles. The van der Waals surface area contributed by atoms with Crippen molar-refractivity contribution in [2.24, 2.45) is 0 Å². The minimum Gasteiger partial charge on any atom is -0.367 e. The zero-order chi connectivity index (χ0) is 24.4. The van der Waals surface area contributed by atoms with Gasteiger partial charge in [-0.05, 0) is 42.9 Å². The second kappa shape index (κ2) is 9.56. The molecular weight excluding hydrogens is 447 g/mol. The van der Waals surface area contributed by atoms with E-state index in [1.165, 1.54) is 6.07 Å². The summed E-state index contributed by atoms with van der Waals surface area (Å²) < 4.78 is 14.9. The van der Waals surface area contributed by atoms with E-state index in [0.29, 0.717) is 34.3 Å². The van der Waals surface area contributed by atoms with Crippen molar-refractivity contribution in [1.29, 1.82) is 5.26 Å². The van der Waals surface area contributed by atoms with Crippen molar-refractivity contribution < 1.29 is 9.18 Å². The molecule has 2 aliphatic heterocycles. The normalized spacial score (nSPS) is 15.3. The molecule has 0 aliphatic carbocycles. The molecule has 3 aromatic rings. The van der Waals surface area contributed by atoms with Crippen LogP contribution >= 0.6 is 0 Å². The highest BCUT2D eigenvalue weighted by atomic mass is 19.1. The first-order valence-electron chi connectivity index (χ1n) is 11.4. The van der Waals surface area contributed by atoms with E-state index in [9.17, 15) is 9.18 Å². The Bertz CT molecular complexity index is 1310. The van der Waals surface area contributed by atoms with Crippen molar-refractivity contribution >= 4 is 40.4 Å². The summed E-state index contributed by atoms with van der Waals surface area (Å²) in [5.74, 6) is 0.550. The molecule has 35 heavy (non-hydrogen) atoms. The van der Waals surface area contributed by atoms with Crippen molar-refractivity contribution in [1.82, 2.24) is 14.9 Å². The topological polar surface area (TPSA) is 109 Å². The van der Waals surface area contributed by atoms with Crippen molar-refractivity contribution in [2.75, 3.05) is 60.6 Å². The molecule has 3 N–H and O–H groups in total. The van der Waals surface area contributed by atoms with E-state index in [4.69, 9.17) is 5.26 Å². The van der Waals surface area contributed by atoms with E-state index in [2.05, 4.69) is 43.9 Å². The molecule has 1 fully saturated rings. The first-order chi connectivity index (χ1) is 17.0. The summed E-state index contributed by atoms with van der Waals surface area (Å²) in [5.41, 5.74) is 3.00. The molecule has 2 aliphatic rings. The Morgan fingerprint density at radius 2 is 1.89 bits per heavy atom. The number of halogens is 1. The highest BCUT2D eigenvalue weighted by Gasteiger charge is 2.27. The average Bonchev–Trinajstić information content (AvgIpc) is 3.21. The number of Topliss-reactive ketones (excluding diaryl/α,β-unsaturated/α-hetero) is 1. The molecule has 0 bridgehead atoms. The summed E-state index contributed by atoms with van der Waals surface area (Å²) in [6.07, 6.45) is 0.278. The van der Waals surface area contributed by atoms with Crippen LogP contribution in [0.5, 0.6) is 0 Å². The number of anilines is 6. The predicted octanol–water partition coefficient (Wildman–Crippen LogP) is 3.53. The van der Waals surface area contributed by atoms with Crippen LogP contribution in [-0.4, -0.2) is 60.4 Å². The molecule has 5 rings (SSSR count). The lowest BCUT2D eigenvalue weighted by atomic mass is 10.1. The largest absolute Gasteiger partial charge is 0.367 e. The maximum Gasteiger partial charge on any atom is 0.231 e. The van der Waals surface area contributed by atoms with Gasteiger partial charge in [-0.3, -0.25) is 4.79 Å². The monoisotopic (exact) mass is 472 g/mol. The van der Waals surface area contributed by atoms with Crippen LogP contribution < -0.4 is 20.9 Å². The summed E-state index contributed by atoms with van der Waals surface area (Å²) >= 11 is 0. The van der Waals surface area contributed by atoms with Crippen LogP contribution in [0.2, 0.25) is 0 Å². The first kappa shape index (κ1) is 22.6. The quantitative estimate of drug-likeness (QED) is 0.496. The molecule has 9 nitrogen and oxygen atoms in total. The number of ketones is 1. The van der Waals surface area contributed by atoms with Crippen LogP contribution in [0.3, 0.4) is 0 Å². The standard InChI is InChI=1S/C25H25FN8O/c1-33-9-11-34(12-10-33)20-6-5-18(14-19(20)26)30-25-31-23-22(21(35)15-28-23)24(32-25)29-17-4-2-3-16(13-17)7-8-27/h2-6,13-14H,7,9-12,15H2,1H3,(H3,28,29,30,31,32). The first-order valence-corrected chi connectivity index (χ1v) is 11.4. The Morgan fingerprint density at radius 3 is 2.66 bits per heavy atom. The number of aromatic nitrogens is 2. The zero-order valence-electron chi connectivity index (χ0n) is 19.3. The number of piperazine rings is 1. The third-order valence-corrected chi connectivity index (χ3v) is 6.12. The second-order valence-corrected chi connectivity index (χ2v) is 8.64. The third-order valence-electron chi connectivity index (χ3n) is 6.12. The van der Waals surface area contributed by atoms with Gasteiger partial charge in [0.1, 0.15) is 23.0 Å². The van der Waals surface area contributed by atoms with Crippen LogP contribution in [0.4, 0.5) is 39.0 Å². The van der Waals surface area contributed by atoms with Gasteiger partial charge in [0, 0.05) is 37.6 Å². The smallest absolute Gasteiger partial charge is 0.231 e. The molecule has 1 aromatic heterocycles. The third kappa shape index (κ3) is 4.85. The number of hydrogen-bond acceptors (Lipinski definition) is 9. The zero-order valence-corrected chi connectivity index (χ0v) is 19.3.